The van der Waals surface area contributed by atoms with Gasteiger partial charge in [0.25, 0.3) is 0 Å². The Morgan fingerprint density at radius 1 is 1.14 bits per heavy atom. The fraction of sp³-hybridized carbons (Fsp3) is 0. The molecule has 2 nitrogen and oxygen atoms in total. The lowest BCUT2D eigenvalue weighted by molar-refractivity contribution is 0.982. The Hall–Kier alpha value is -1.54. The van der Waals surface area contributed by atoms with Gasteiger partial charge in [-0.1, -0.05) is 17.7 Å². The minimum atomic E-state index is 0.723. The zero-order valence-corrected chi connectivity index (χ0v) is 8.07. The predicted octanol–water partition coefficient (Wildman–Crippen LogP) is 3.14. The average Bonchev–Trinajstić information content (AvgIpc) is 2.54. The van der Waals surface area contributed by atoms with Gasteiger partial charge in [-0.3, -0.25) is 0 Å². The molecule has 0 aliphatic carbocycles. The number of halogens is 1. The third-order valence-electron chi connectivity index (χ3n) is 2.29. The molecular weight excluding hydrogens is 196 g/mol. The highest BCUT2D eigenvalue weighted by Gasteiger charge is 2.03. The van der Waals surface area contributed by atoms with E-state index in [2.05, 4.69) is 5.10 Å². The Bertz CT molecular complexity index is 613. The minimum Gasteiger partial charge on any atom is -0.240 e. The molecule has 0 amide bonds. The van der Waals surface area contributed by atoms with Gasteiger partial charge in [-0.15, -0.1) is 0 Å². The van der Waals surface area contributed by atoms with E-state index in [1.165, 1.54) is 0 Å². The number of fused-ring (bicyclic) bond motifs is 3. The van der Waals surface area contributed by atoms with E-state index < -0.39 is 0 Å². The van der Waals surface area contributed by atoms with Crippen molar-refractivity contribution in [2.75, 3.05) is 0 Å². The zero-order chi connectivity index (χ0) is 9.54. The van der Waals surface area contributed by atoms with Crippen LogP contribution in [-0.4, -0.2) is 9.61 Å². The number of benzene rings is 1. The first-order chi connectivity index (χ1) is 6.84. The van der Waals surface area contributed by atoms with Crippen molar-refractivity contribution in [1.29, 1.82) is 0 Å². The first kappa shape index (κ1) is 7.83. The van der Waals surface area contributed by atoms with Crippen molar-refractivity contribution in [2.45, 2.75) is 0 Å². The van der Waals surface area contributed by atoms with Crippen molar-refractivity contribution in [2.24, 2.45) is 0 Å². The van der Waals surface area contributed by atoms with Crippen molar-refractivity contribution in [3.05, 3.63) is 47.6 Å². The molecule has 0 spiro atoms. The summed E-state index contributed by atoms with van der Waals surface area (Å²) in [6.07, 6.45) is 1.93. The van der Waals surface area contributed by atoms with Gasteiger partial charge in [-0.2, -0.15) is 5.10 Å². The fourth-order valence-electron chi connectivity index (χ4n) is 1.66. The number of nitrogens with zero attached hydrogens (tertiary/aromatic N) is 2. The van der Waals surface area contributed by atoms with E-state index in [-0.39, 0.29) is 0 Å². The van der Waals surface area contributed by atoms with E-state index in [0.717, 1.165) is 21.4 Å². The molecule has 68 valence electrons. The van der Waals surface area contributed by atoms with Gasteiger partial charge >= 0.3 is 0 Å². The number of hydrogen-bond acceptors (Lipinski definition) is 1. The molecule has 3 heteroatoms. The third-order valence-corrected chi connectivity index (χ3v) is 2.53. The highest BCUT2D eigenvalue weighted by atomic mass is 35.5. The lowest BCUT2D eigenvalue weighted by Gasteiger charge is -1.90. The summed E-state index contributed by atoms with van der Waals surface area (Å²) in [5.41, 5.74) is 2.04. The fourth-order valence-corrected chi connectivity index (χ4v) is 1.82. The Kier molecular flexibility index (Phi) is 1.52. The maximum Gasteiger partial charge on any atom is 0.0948 e. The SMILES string of the molecule is Clc1ccc2c(c1)nn1ccccc21. The van der Waals surface area contributed by atoms with Crippen LogP contribution in [0.5, 0.6) is 0 Å². The molecule has 0 N–H and O–H groups in total. The van der Waals surface area contributed by atoms with Gasteiger partial charge < -0.3 is 0 Å². The molecule has 2 aromatic heterocycles. The second kappa shape index (κ2) is 2.72. The lowest BCUT2D eigenvalue weighted by atomic mass is 10.2. The van der Waals surface area contributed by atoms with Gasteiger partial charge in [0.15, 0.2) is 0 Å². The van der Waals surface area contributed by atoms with Crippen molar-refractivity contribution < 1.29 is 0 Å². The molecule has 0 saturated carbocycles. The number of aromatic nitrogens is 2. The summed E-state index contributed by atoms with van der Waals surface area (Å²) in [5.74, 6) is 0. The summed E-state index contributed by atoms with van der Waals surface area (Å²) in [4.78, 5) is 0. The summed E-state index contributed by atoms with van der Waals surface area (Å²) in [6.45, 7) is 0. The van der Waals surface area contributed by atoms with E-state index in [9.17, 15) is 0 Å². The van der Waals surface area contributed by atoms with Crippen LogP contribution in [0, 0.1) is 0 Å². The standard InChI is InChI=1S/C11H7ClN2/c12-8-4-5-9-10(7-8)13-14-6-2-1-3-11(9)14/h1-7H. The van der Waals surface area contributed by atoms with Crippen LogP contribution in [0.15, 0.2) is 42.6 Å². The number of rotatable bonds is 0. The quantitative estimate of drug-likeness (QED) is 0.548. The molecule has 0 saturated heterocycles. The van der Waals surface area contributed by atoms with Gasteiger partial charge in [-0.05, 0) is 30.3 Å². The summed E-state index contributed by atoms with van der Waals surface area (Å²) < 4.78 is 1.86. The maximum absolute atomic E-state index is 5.90. The topological polar surface area (TPSA) is 17.3 Å². The molecule has 1 aromatic carbocycles. The van der Waals surface area contributed by atoms with Crippen molar-refractivity contribution in [3.63, 3.8) is 0 Å². The third kappa shape index (κ3) is 1.01. The molecule has 0 unspecified atom stereocenters. The molecule has 0 radical (unpaired) electrons. The van der Waals surface area contributed by atoms with E-state index in [0.29, 0.717) is 0 Å². The Morgan fingerprint density at radius 3 is 3.00 bits per heavy atom. The molecule has 0 fully saturated rings. The van der Waals surface area contributed by atoms with Crippen LogP contribution in [0.4, 0.5) is 0 Å². The van der Waals surface area contributed by atoms with E-state index in [1.54, 1.807) is 0 Å². The molecule has 3 rings (SSSR count). The molecule has 0 atom stereocenters. The molecular formula is C11H7ClN2. The van der Waals surface area contributed by atoms with Crippen LogP contribution >= 0.6 is 11.6 Å². The smallest absolute Gasteiger partial charge is 0.0948 e. The molecule has 0 aliphatic rings. The maximum atomic E-state index is 5.90. The van der Waals surface area contributed by atoms with Gasteiger partial charge in [0.2, 0.25) is 0 Å². The van der Waals surface area contributed by atoms with Gasteiger partial charge in [0, 0.05) is 16.6 Å². The van der Waals surface area contributed by atoms with Crippen LogP contribution in [0.2, 0.25) is 5.02 Å². The monoisotopic (exact) mass is 202 g/mol. The normalized spacial score (nSPS) is 11.2. The molecule has 0 bridgehead atoms. The molecule has 14 heavy (non-hydrogen) atoms. The second-order valence-corrected chi connectivity index (χ2v) is 3.63. The zero-order valence-electron chi connectivity index (χ0n) is 7.31. The van der Waals surface area contributed by atoms with E-state index >= 15 is 0 Å². The van der Waals surface area contributed by atoms with Gasteiger partial charge in [-0.25, -0.2) is 4.52 Å². The Labute approximate surface area is 85.7 Å². The second-order valence-electron chi connectivity index (χ2n) is 3.19. The summed E-state index contributed by atoms with van der Waals surface area (Å²) in [7, 11) is 0. The van der Waals surface area contributed by atoms with Gasteiger partial charge in [0.1, 0.15) is 0 Å². The van der Waals surface area contributed by atoms with E-state index in [1.807, 2.05) is 47.1 Å². The predicted molar refractivity (Wildman–Crippen MR) is 57.7 cm³/mol. The van der Waals surface area contributed by atoms with E-state index in [4.69, 9.17) is 11.6 Å². The lowest BCUT2D eigenvalue weighted by Crippen LogP contribution is -1.82. The number of pyridine rings is 1. The summed E-state index contributed by atoms with van der Waals surface area (Å²) in [6, 6.07) is 11.8. The first-order valence-corrected chi connectivity index (χ1v) is 4.75. The van der Waals surface area contributed by atoms with Crippen molar-refractivity contribution >= 4 is 28.0 Å². The van der Waals surface area contributed by atoms with Crippen LogP contribution in [0.3, 0.4) is 0 Å². The highest BCUT2D eigenvalue weighted by Crippen LogP contribution is 2.22. The largest absolute Gasteiger partial charge is 0.240 e. The highest BCUT2D eigenvalue weighted by molar-refractivity contribution is 6.31. The minimum absolute atomic E-state index is 0.723. The van der Waals surface area contributed by atoms with Gasteiger partial charge in [0.05, 0.1) is 11.0 Å². The molecule has 2 heterocycles. The summed E-state index contributed by atoms with van der Waals surface area (Å²) >= 11 is 5.90. The molecule has 0 aliphatic heterocycles. The summed E-state index contributed by atoms with van der Waals surface area (Å²) in [5, 5.41) is 6.27. The van der Waals surface area contributed by atoms with Crippen LogP contribution < -0.4 is 0 Å². The van der Waals surface area contributed by atoms with Crippen LogP contribution in [-0.2, 0) is 0 Å². The van der Waals surface area contributed by atoms with Crippen LogP contribution in [0.1, 0.15) is 0 Å². The number of hydrogen-bond donors (Lipinski definition) is 0. The first-order valence-electron chi connectivity index (χ1n) is 4.37. The average molecular weight is 203 g/mol. The Morgan fingerprint density at radius 2 is 2.07 bits per heavy atom. The van der Waals surface area contributed by atoms with Crippen LogP contribution in [0.25, 0.3) is 16.4 Å². The van der Waals surface area contributed by atoms with Crippen molar-refractivity contribution in [3.8, 4) is 0 Å². The Balaban J connectivity index is 2.57. The van der Waals surface area contributed by atoms with Crippen molar-refractivity contribution in [1.82, 2.24) is 9.61 Å². The molecule has 3 aromatic rings.